The van der Waals surface area contributed by atoms with Crippen molar-refractivity contribution in [3.8, 4) is 5.88 Å². The number of imide groups is 1. The number of rotatable bonds is 8. The second-order valence-electron chi connectivity index (χ2n) is 8.72. The van der Waals surface area contributed by atoms with Gasteiger partial charge in [0.15, 0.2) is 0 Å². The molecular weight excluding hydrogens is 400 g/mol. The van der Waals surface area contributed by atoms with Crippen molar-refractivity contribution >= 4 is 17.8 Å². The van der Waals surface area contributed by atoms with E-state index in [-0.39, 0.29) is 40.9 Å². The van der Waals surface area contributed by atoms with Gasteiger partial charge in [-0.05, 0) is 43.7 Å². The molecule has 1 aliphatic heterocycles. The molecule has 2 fully saturated rings. The van der Waals surface area contributed by atoms with Gasteiger partial charge in [-0.15, -0.1) is 0 Å². The van der Waals surface area contributed by atoms with E-state index in [0.717, 1.165) is 18.5 Å². The van der Waals surface area contributed by atoms with Crippen molar-refractivity contribution < 1.29 is 19.1 Å². The summed E-state index contributed by atoms with van der Waals surface area (Å²) in [6, 6.07) is 2.02. The number of H-pyrrole nitrogens is 1. The van der Waals surface area contributed by atoms with Crippen LogP contribution in [-0.4, -0.2) is 55.9 Å². The molecule has 4 N–H and O–H groups in total. The van der Waals surface area contributed by atoms with Gasteiger partial charge in [-0.25, -0.2) is 14.8 Å². The van der Waals surface area contributed by atoms with Crippen LogP contribution >= 0.6 is 0 Å². The summed E-state index contributed by atoms with van der Waals surface area (Å²) in [4.78, 5) is 49.1. The van der Waals surface area contributed by atoms with E-state index in [1.807, 2.05) is 6.92 Å². The highest BCUT2D eigenvalue weighted by molar-refractivity contribution is 6.04. The van der Waals surface area contributed by atoms with Crippen molar-refractivity contribution in [1.29, 1.82) is 0 Å². The molecule has 0 bridgehead atoms. The molecule has 31 heavy (non-hydrogen) atoms. The molecule has 2 aliphatic rings. The van der Waals surface area contributed by atoms with E-state index in [1.165, 1.54) is 4.90 Å². The second kappa shape index (κ2) is 8.01. The molecule has 0 radical (unpaired) electrons. The van der Waals surface area contributed by atoms with Crippen LogP contribution in [0.3, 0.4) is 0 Å². The fourth-order valence-electron chi connectivity index (χ4n) is 4.64. The van der Waals surface area contributed by atoms with Gasteiger partial charge < -0.3 is 20.8 Å². The van der Waals surface area contributed by atoms with Gasteiger partial charge in [0.25, 0.3) is 11.8 Å². The first-order valence-corrected chi connectivity index (χ1v) is 10.3. The van der Waals surface area contributed by atoms with Crippen molar-refractivity contribution in [1.82, 2.24) is 25.2 Å². The number of nitrogens with one attached hydrogen (secondary N) is 2. The molecule has 4 amide bonds. The van der Waals surface area contributed by atoms with Crippen LogP contribution in [0.25, 0.3) is 0 Å². The maximum absolute atomic E-state index is 12.8. The van der Waals surface area contributed by atoms with Gasteiger partial charge in [0.2, 0.25) is 5.88 Å². The third-order valence-electron chi connectivity index (χ3n) is 6.02. The van der Waals surface area contributed by atoms with Crippen LogP contribution in [-0.2, 0) is 11.2 Å². The maximum atomic E-state index is 12.8. The number of amides is 4. The van der Waals surface area contributed by atoms with E-state index < -0.39 is 11.9 Å². The van der Waals surface area contributed by atoms with Crippen molar-refractivity contribution in [3.63, 3.8) is 0 Å². The zero-order valence-corrected chi connectivity index (χ0v) is 17.5. The Kier molecular flexibility index (Phi) is 5.38. The number of aromatic amines is 1. The zero-order valence-electron chi connectivity index (χ0n) is 17.5. The Balaban J connectivity index is 1.33. The number of imidazole rings is 1. The number of urea groups is 1. The standard InChI is InChI=1S/C21H26N6O4/c1-12(27-19(29)16(26-20(27)30)6-13-10-23-11-25-13)7-21(2)8-14(9-21)31-18-15(17(22)28)4-3-5-24-18/h3-5,10-12,14,16H,6-9H2,1-2H3,(H2,22,28)(H,23,25)(H,26,30)/t12-,14?,16?,21?/m0/s1. The molecule has 0 aromatic carbocycles. The monoisotopic (exact) mass is 426 g/mol. The molecule has 10 nitrogen and oxygen atoms in total. The molecule has 164 valence electrons. The van der Waals surface area contributed by atoms with Gasteiger partial charge in [0.1, 0.15) is 17.7 Å². The van der Waals surface area contributed by atoms with Gasteiger partial charge in [0.05, 0.1) is 6.33 Å². The number of carbonyl (C=O) groups is 3. The number of aromatic nitrogens is 3. The minimum Gasteiger partial charge on any atom is -0.474 e. The fourth-order valence-corrected chi connectivity index (χ4v) is 4.64. The first-order valence-electron chi connectivity index (χ1n) is 10.3. The van der Waals surface area contributed by atoms with Crippen LogP contribution in [0.2, 0.25) is 0 Å². The molecule has 3 heterocycles. The summed E-state index contributed by atoms with van der Waals surface area (Å²) < 4.78 is 5.88. The highest BCUT2D eigenvalue weighted by Crippen LogP contribution is 2.47. The number of nitrogens with two attached hydrogens (primary N) is 1. The lowest BCUT2D eigenvalue weighted by atomic mass is 9.65. The highest BCUT2D eigenvalue weighted by Gasteiger charge is 2.47. The van der Waals surface area contributed by atoms with Gasteiger partial charge in [-0.1, -0.05) is 6.92 Å². The van der Waals surface area contributed by atoms with Crippen LogP contribution in [0.1, 0.15) is 49.2 Å². The molecule has 2 aromatic rings. The van der Waals surface area contributed by atoms with Gasteiger partial charge in [-0.3, -0.25) is 14.5 Å². The van der Waals surface area contributed by atoms with E-state index in [4.69, 9.17) is 10.5 Å². The Morgan fingerprint density at radius 3 is 2.87 bits per heavy atom. The van der Waals surface area contributed by atoms with Gasteiger partial charge in [0, 0.05) is 30.6 Å². The molecule has 4 rings (SSSR count). The lowest BCUT2D eigenvalue weighted by Gasteiger charge is -2.46. The van der Waals surface area contributed by atoms with Crippen LogP contribution in [0.4, 0.5) is 4.79 Å². The van der Waals surface area contributed by atoms with E-state index in [0.29, 0.717) is 12.8 Å². The minimum atomic E-state index is -0.586. The number of hydrogen-bond donors (Lipinski definition) is 3. The van der Waals surface area contributed by atoms with Crippen LogP contribution in [0.5, 0.6) is 5.88 Å². The largest absolute Gasteiger partial charge is 0.474 e. The molecule has 1 saturated carbocycles. The van der Waals surface area contributed by atoms with Crippen LogP contribution in [0, 0.1) is 5.41 Å². The lowest BCUT2D eigenvalue weighted by molar-refractivity contribution is -0.129. The van der Waals surface area contributed by atoms with Crippen molar-refractivity contribution in [3.05, 3.63) is 42.1 Å². The summed E-state index contributed by atoms with van der Waals surface area (Å²) in [5.41, 5.74) is 6.34. The normalized spacial score (nSPS) is 26.3. The summed E-state index contributed by atoms with van der Waals surface area (Å²) in [6.07, 6.45) is 7.15. The molecule has 0 spiro atoms. The van der Waals surface area contributed by atoms with E-state index in [2.05, 4.69) is 27.2 Å². The number of nitrogens with zero attached hydrogens (tertiary/aromatic N) is 3. The molecule has 1 aliphatic carbocycles. The fraction of sp³-hybridized carbons (Fsp3) is 0.476. The van der Waals surface area contributed by atoms with E-state index in [9.17, 15) is 14.4 Å². The summed E-state index contributed by atoms with van der Waals surface area (Å²) in [5, 5.41) is 2.77. The Labute approximate surface area is 179 Å². The van der Waals surface area contributed by atoms with Crippen LogP contribution in [0.15, 0.2) is 30.9 Å². The average Bonchev–Trinajstić information content (AvgIpc) is 3.29. The second-order valence-corrected chi connectivity index (χ2v) is 8.72. The number of primary amides is 1. The molecule has 2 atom stereocenters. The van der Waals surface area contributed by atoms with Crippen molar-refractivity contribution in [2.45, 2.75) is 57.7 Å². The summed E-state index contributed by atoms with van der Waals surface area (Å²) in [5.74, 6) is -0.560. The molecule has 1 saturated heterocycles. The third-order valence-corrected chi connectivity index (χ3v) is 6.02. The van der Waals surface area contributed by atoms with Crippen molar-refractivity contribution in [2.24, 2.45) is 11.1 Å². The third kappa shape index (κ3) is 4.23. The SMILES string of the molecule is C[C@@H](CC1(C)CC(Oc2ncccc2C(N)=O)C1)N1C(=O)NC(Cc2cnc[nH]2)C1=O. The minimum absolute atomic E-state index is 0.0895. The summed E-state index contributed by atoms with van der Waals surface area (Å²) in [6.45, 7) is 4.00. The quantitative estimate of drug-likeness (QED) is 0.544. The summed E-state index contributed by atoms with van der Waals surface area (Å²) in [7, 11) is 0. The van der Waals surface area contributed by atoms with Gasteiger partial charge in [-0.2, -0.15) is 0 Å². The van der Waals surface area contributed by atoms with E-state index in [1.54, 1.807) is 30.9 Å². The zero-order chi connectivity index (χ0) is 22.2. The molecular formula is C21H26N6O4. The Morgan fingerprint density at radius 2 is 2.19 bits per heavy atom. The van der Waals surface area contributed by atoms with Crippen LogP contribution < -0.4 is 15.8 Å². The topological polar surface area (TPSA) is 143 Å². The van der Waals surface area contributed by atoms with Crippen molar-refractivity contribution in [2.75, 3.05) is 0 Å². The Hall–Kier alpha value is -3.43. The van der Waals surface area contributed by atoms with Gasteiger partial charge >= 0.3 is 6.03 Å². The predicted molar refractivity (Wildman–Crippen MR) is 110 cm³/mol. The molecule has 1 unspecified atom stereocenters. The Bertz CT molecular complexity index is 986. The average molecular weight is 426 g/mol. The van der Waals surface area contributed by atoms with E-state index >= 15 is 0 Å². The number of ether oxygens (including phenoxy) is 1. The summed E-state index contributed by atoms with van der Waals surface area (Å²) >= 11 is 0. The maximum Gasteiger partial charge on any atom is 0.325 e. The number of hydrogen-bond acceptors (Lipinski definition) is 6. The first kappa shape index (κ1) is 20.8. The highest BCUT2D eigenvalue weighted by atomic mass is 16.5. The predicted octanol–water partition coefficient (Wildman–Crippen LogP) is 1.39. The smallest absolute Gasteiger partial charge is 0.325 e. The number of carbonyl (C=O) groups excluding carboxylic acids is 3. The Morgan fingerprint density at radius 1 is 1.42 bits per heavy atom. The molecule has 10 heteroatoms. The number of pyridine rings is 1. The molecule has 2 aromatic heterocycles. The lowest BCUT2D eigenvalue weighted by Crippen LogP contribution is -2.48. The first-order chi connectivity index (χ1) is 14.8.